The number of carbonyl (C=O) groups is 2. The van der Waals surface area contributed by atoms with Gasteiger partial charge < -0.3 is 15.8 Å². The maximum Gasteiger partial charge on any atom is 0.337 e. The number of amides is 1. The Morgan fingerprint density at radius 2 is 1.96 bits per heavy atom. The summed E-state index contributed by atoms with van der Waals surface area (Å²) < 4.78 is 4.67. The van der Waals surface area contributed by atoms with Gasteiger partial charge in [-0.2, -0.15) is 0 Å². The van der Waals surface area contributed by atoms with Crippen molar-refractivity contribution in [3.63, 3.8) is 0 Å². The van der Waals surface area contributed by atoms with Crippen LogP contribution in [-0.4, -0.2) is 24.0 Å². The first-order chi connectivity index (χ1) is 12.5. The monoisotopic (exact) mass is 369 g/mol. The van der Waals surface area contributed by atoms with Gasteiger partial charge in [0, 0.05) is 11.1 Å². The van der Waals surface area contributed by atoms with E-state index < -0.39 is 5.97 Å². The van der Waals surface area contributed by atoms with Crippen LogP contribution in [0.4, 0.5) is 11.4 Å². The highest BCUT2D eigenvalue weighted by molar-refractivity contribution is 6.33. The minimum Gasteiger partial charge on any atom is -0.465 e. The molecule has 0 saturated carbocycles. The van der Waals surface area contributed by atoms with Crippen molar-refractivity contribution in [1.82, 2.24) is 4.98 Å². The lowest BCUT2D eigenvalue weighted by Gasteiger charge is -2.09. The molecule has 0 unspecified atom stereocenters. The summed E-state index contributed by atoms with van der Waals surface area (Å²) in [6.45, 7) is 0. The van der Waals surface area contributed by atoms with E-state index in [0.29, 0.717) is 27.7 Å². The van der Waals surface area contributed by atoms with Crippen LogP contribution in [0.1, 0.15) is 16.1 Å². The number of esters is 1. The molecule has 0 atom stereocenters. The highest BCUT2D eigenvalue weighted by Crippen LogP contribution is 2.24. The summed E-state index contributed by atoms with van der Waals surface area (Å²) in [4.78, 5) is 28.4. The van der Waals surface area contributed by atoms with E-state index in [-0.39, 0.29) is 12.3 Å². The Morgan fingerprint density at radius 1 is 1.15 bits per heavy atom. The molecule has 3 aromatic rings. The van der Waals surface area contributed by atoms with Crippen molar-refractivity contribution in [2.75, 3.05) is 18.2 Å². The quantitative estimate of drug-likeness (QED) is 0.542. The Bertz CT molecular complexity index is 1000. The second-order valence-electron chi connectivity index (χ2n) is 5.67. The van der Waals surface area contributed by atoms with Crippen molar-refractivity contribution in [3.05, 3.63) is 64.8 Å². The number of anilines is 2. The molecule has 1 aromatic heterocycles. The number of rotatable bonds is 4. The summed E-state index contributed by atoms with van der Waals surface area (Å²) in [7, 11) is 1.29. The number of nitrogen functional groups attached to an aromatic ring is 1. The minimum atomic E-state index is -0.507. The molecule has 2 aromatic carbocycles. The molecule has 1 amide bonds. The fraction of sp³-hybridized carbons (Fsp3) is 0.105. The van der Waals surface area contributed by atoms with Crippen LogP contribution < -0.4 is 11.1 Å². The second kappa shape index (κ2) is 7.41. The number of hydrogen-bond donors (Lipinski definition) is 2. The standard InChI is InChI=1S/C19H16ClN3O3/c1-26-19(25)12-3-6-15(20)17(9-12)23-18(24)10-14-5-2-11-8-13(21)4-7-16(11)22-14/h2-9H,10,21H2,1H3,(H,23,24). The number of benzene rings is 2. The Kier molecular flexibility index (Phi) is 5.04. The SMILES string of the molecule is COC(=O)c1ccc(Cl)c(NC(=O)Cc2ccc3cc(N)ccc3n2)c1. The Balaban J connectivity index is 1.76. The summed E-state index contributed by atoms with van der Waals surface area (Å²) >= 11 is 6.09. The summed E-state index contributed by atoms with van der Waals surface area (Å²) in [5, 5.41) is 3.93. The van der Waals surface area contributed by atoms with E-state index in [1.165, 1.54) is 25.3 Å². The number of pyridine rings is 1. The van der Waals surface area contributed by atoms with Gasteiger partial charge in [0.1, 0.15) is 0 Å². The Hall–Kier alpha value is -3.12. The largest absolute Gasteiger partial charge is 0.465 e. The first-order valence-electron chi connectivity index (χ1n) is 7.79. The van der Waals surface area contributed by atoms with E-state index in [0.717, 1.165) is 10.9 Å². The predicted octanol–water partition coefficient (Wildman–Crippen LogP) is 3.44. The molecule has 3 N–H and O–H groups in total. The number of fused-ring (bicyclic) bond motifs is 1. The smallest absolute Gasteiger partial charge is 0.337 e. The normalized spacial score (nSPS) is 10.5. The fourth-order valence-electron chi connectivity index (χ4n) is 2.51. The zero-order chi connectivity index (χ0) is 18.7. The molecule has 1 heterocycles. The zero-order valence-corrected chi connectivity index (χ0v) is 14.7. The van der Waals surface area contributed by atoms with Gasteiger partial charge in [-0.25, -0.2) is 4.79 Å². The van der Waals surface area contributed by atoms with E-state index in [4.69, 9.17) is 17.3 Å². The van der Waals surface area contributed by atoms with Crippen LogP contribution in [0.3, 0.4) is 0 Å². The number of nitrogens with one attached hydrogen (secondary N) is 1. The van der Waals surface area contributed by atoms with Crippen molar-refractivity contribution >= 4 is 45.8 Å². The van der Waals surface area contributed by atoms with Crippen molar-refractivity contribution in [2.24, 2.45) is 0 Å². The lowest BCUT2D eigenvalue weighted by Crippen LogP contribution is -2.16. The third-order valence-corrected chi connectivity index (χ3v) is 4.10. The molecule has 0 aliphatic heterocycles. The minimum absolute atomic E-state index is 0.0685. The Morgan fingerprint density at radius 3 is 2.73 bits per heavy atom. The number of hydrogen-bond acceptors (Lipinski definition) is 5. The van der Waals surface area contributed by atoms with Gasteiger partial charge in [0.05, 0.1) is 41.0 Å². The number of ether oxygens (including phenoxy) is 1. The lowest BCUT2D eigenvalue weighted by atomic mass is 10.1. The van der Waals surface area contributed by atoms with Crippen molar-refractivity contribution in [3.8, 4) is 0 Å². The molecule has 0 aliphatic carbocycles. The molecular weight excluding hydrogens is 354 g/mol. The zero-order valence-electron chi connectivity index (χ0n) is 14.0. The molecule has 6 nitrogen and oxygen atoms in total. The van der Waals surface area contributed by atoms with Crippen LogP contribution in [0.2, 0.25) is 5.02 Å². The highest BCUT2D eigenvalue weighted by Gasteiger charge is 2.12. The summed E-state index contributed by atoms with van der Waals surface area (Å²) in [5.41, 5.74) is 8.42. The van der Waals surface area contributed by atoms with E-state index in [1.807, 2.05) is 18.2 Å². The van der Waals surface area contributed by atoms with E-state index in [1.54, 1.807) is 12.1 Å². The molecule has 132 valence electrons. The van der Waals surface area contributed by atoms with Crippen molar-refractivity contribution < 1.29 is 14.3 Å². The van der Waals surface area contributed by atoms with Gasteiger partial charge in [0.15, 0.2) is 0 Å². The third kappa shape index (κ3) is 3.92. The van der Waals surface area contributed by atoms with E-state index >= 15 is 0 Å². The van der Waals surface area contributed by atoms with E-state index in [2.05, 4.69) is 15.0 Å². The maximum atomic E-state index is 12.3. The number of methoxy groups -OCH3 is 1. The number of nitrogens with two attached hydrogens (primary N) is 1. The number of aromatic nitrogens is 1. The molecule has 0 fully saturated rings. The summed E-state index contributed by atoms with van der Waals surface area (Å²) in [5.74, 6) is -0.802. The highest BCUT2D eigenvalue weighted by atomic mass is 35.5. The van der Waals surface area contributed by atoms with Gasteiger partial charge in [0.2, 0.25) is 5.91 Å². The van der Waals surface area contributed by atoms with Gasteiger partial charge in [0.25, 0.3) is 0 Å². The molecule has 26 heavy (non-hydrogen) atoms. The summed E-state index contributed by atoms with van der Waals surface area (Å²) in [6.07, 6.45) is 0.0685. The second-order valence-corrected chi connectivity index (χ2v) is 6.07. The number of carbonyl (C=O) groups excluding carboxylic acids is 2. The predicted molar refractivity (Wildman–Crippen MR) is 101 cm³/mol. The van der Waals surface area contributed by atoms with Gasteiger partial charge >= 0.3 is 5.97 Å². The molecule has 0 saturated heterocycles. The number of halogens is 1. The average Bonchev–Trinajstić information content (AvgIpc) is 2.63. The first kappa shape index (κ1) is 17.7. The molecule has 7 heteroatoms. The maximum absolute atomic E-state index is 12.3. The topological polar surface area (TPSA) is 94.3 Å². The molecule has 0 bridgehead atoms. The van der Waals surface area contributed by atoms with Gasteiger partial charge in [-0.1, -0.05) is 17.7 Å². The first-order valence-corrected chi connectivity index (χ1v) is 8.17. The van der Waals surface area contributed by atoms with Crippen LogP contribution >= 0.6 is 11.6 Å². The van der Waals surface area contributed by atoms with Crippen LogP contribution in [0, 0.1) is 0 Å². The molecule has 3 rings (SSSR count). The number of nitrogens with zero attached hydrogens (tertiary/aromatic N) is 1. The van der Waals surface area contributed by atoms with Crippen molar-refractivity contribution in [1.29, 1.82) is 0 Å². The van der Waals surface area contributed by atoms with Gasteiger partial charge in [-0.05, 0) is 42.5 Å². The third-order valence-electron chi connectivity index (χ3n) is 3.77. The Labute approximate surface area is 154 Å². The van der Waals surface area contributed by atoms with Crippen LogP contribution in [0.25, 0.3) is 10.9 Å². The van der Waals surface area contributed by atoms with Gasteiger partial charge in [-0.15, -0.1) is 0 Å². The fourth-order valence-corrected chi connectivity index (χ4v) is 2.67. The lowest BCUT2D eigenvalue weighted by molar-refractivity contribution is -0.115. The van der Waals surface area contributed by atoms with Crippen LogP contribution in [0.15, 0.2) is 48.5 Å². The van der Waals surface area contributed by atoms with E-state index in [9.17, 15) is 9.59 Å². The van der Waals surface area contributed by atoms with Crippen LogP contribution in [0.5, 0.6) is 0 Å². The molecular formula is C19H16ClN3O3. The molecule has 0 spiro atoms. The van der Waals surface area contributed by atoms with Crippen molar-refractivity contribution in [2.45, 2.75) is 6.42 Å². The average molecular weight is 370 g/mol. The van der Waals surface area contributed by atoms with Gasteiger partial charge in [-0.3, -0.25) is 9.78 Å². The molecule has 0 aliphatic rings. The molecule has 0 radical (unpaired) electrons. The summed E-state index contributed by atoms with van der Waals surface area (Å²) in [6, 6.07) is 13.6. The van der Waals surface area contributed by atoms with Crippen LogP contribution in [-0.2, 0) is 16.0 Å².